The van der Waals surface area contributed by atoms with Crippen molar-refractivity contribution in [2.75, 3.05) is 0 Å². The van der Waals surface area contributed by atoms with Crippen LogP contribution in [-0.2, 0) is 12.8 Å². The van der Waals surface area contributed by atoms with Crippen LogP contribution < -0.4 is 0 Å². The van der Waals surface area contributed by atoms with Gasteiger partial charge in [0.2, 0.25) is 0 Å². The first-order valence-corrected chi connectivity index (χ1v) is 6.77. The summed E-state index contributed by atoms with van der Waals surface area (Å²) < 4.78 is 13.0. The molecule has 1 N–H and O–H groups in total. The van der Waals surface area contributed by atoms with E-state index in [-0.39, 0.29) is 5.02 Å². The molecule has 0 bridgehead atoms. The summed E-state index contributed by atoms with van der Waals surface area (Å²) in [5, 5.41) is 10.6. The van der Waals surface area contributed by atoms with E-state index in [1.165, 1.54) is 35.7 Å². The van der Waals surface area contributed by atoms with E-state index in [0.29, 0.717) is 5.56 Å². The molecule has 0 fully saturated rings. The number of hydrogen-bond donors (Lipinski definition) is 1. The third-order valence-corrected chi connectivity index (χ3v) is 4.02. The summed E-state index contributed by atoms with van der Waals surface area (Å²) in [6.07, 6.45) is 2.54. The summed E-state index contributed by atoms with van der Waals surface area (Å²) in [6.45, 7) is 0. The first kappa shape index (κ1) is 12.6. The molecule has 0 saturated carbocycles. The van der Waals surface area contributed by atoms with Gasteiger partial charge in [0.1, 0.15) is 11.9 Å². The van der Waals surface area contributed by atoms with Crippen molar-refractivity contribution in [1.82, 2.24) is 0 Å². The van der Waals surface area contributed by atoms with Gasteiger partial charge >= 0.3 is 0 Å². The Morgan fingerprint density at radius 2 is 1.84 bits per heavy atom. The molecule has 0 heterocycles. The number of fused-ring (bicyclic) bond motifs is 1. The largest absolute Gasteiger partial charge is 0.384 e. The normalized spacial score (nSPS) is 15.3. The van der Waals surface area contributed by atoms with Crippen LogP contribution in [0, 0.1) is 5.82 Å². The van der Waals surface area contributed by atoms with Crippen LogP contribution in [0.2, 0.25) is 5.02 Å². The van der Waals surface area contributed by atoms with E-state index < -0.39 is 11.9 Å². The van der Waals surface area contributed by atoms with E-state index in [9.17, 15) is 9.50 Å². The van der Waals surface area contributed by atoms with E-state index in [2.05, 4.69) is 6.07 Å². The molecule has 3 rings (SSSR count). The summed E-state index contributed by atoms with van der Waals surface area (Å²) in [4.78, 5) is 0. The van der Waals surface area contributed by atoms with Gasteiger partial charge in [-0.15, -0.1) is 0 Å². The van der Waals surface area contributed by atoms with Gasteiger partial charge < -0.3 is 5.11 Å². The molecule has 2 aromatic rings. The molecule has 0 spiro atoms. The highest BCUT2D eigenvalue weighted by molar-refractivity contribution is 6.31. The zero-order valence-corrected chi connectivity index (χ0v) is 11.1. The number of aliphatic hydroxyl groups is 1. The third kappa shape index (κ3) is 2.38. The second-order valence-electron chi connectivity index (χ2n) is 4.95. The Kier molecular flexibility index (Phi) is 3.29. The van der Waals surface area contributed by atoms with Crippen molar-refractivity contribution in [1.29, 1.82) is 0 Å². The fraction of sp³-hybridized carbons (Fsp3) is 0.250. The van der Waals surface area contributed by atoms with Crippen LogP contribution >= 0.6 is 11.6 Å². The molecule has 1 aliphatic rings. The number of aliphatic hydroxyl groups excluding tert-OH is 1. The van der Waals surface area contributed by atoms with Gasteiger partial charge in [0.05, 0.1) is 0 Å². The van der Waals surface area contributed by atoms with E-state index in [1.54, 1.807) is 0 Å². The van der Waals surface area contributed by atoms with Crippen LogP contribution in [0.4, 0.5) is 4.39 Å². The second kappa shape index (κ2) is 4.95. The molecule has 1 atom stereocenters. The maximum absolute atomic E-state index is 13.0. The minimum atomic E-state index is -0.806. The van der Waals surface area contributed by atoms with Gasteiger partial charge in [-0.25, -0.2) is 4.39 Å². The summed E-state index contributed by atoms with van der Waals surface area (Å²) in [7, 11) is 0. The molecule has 0 radical (unpaired) electrons. The molecule has 1 nitrogen and oxygen atoms in total. The molecule has 1 unspecified atom stereocenters. The van der Waals surface area contributed by atoms with E-state index in [0.717, 1.165) is 18.4 Å². The summed E-state index contributed by atoms with van der Waals surface area (Å²) in [5.74, 6) is -0.394. The van der Waals surface area contributed by atoms with Gasteiger partial charge in [-0.3, -0.25) is 0 Å². The number of aryl methyl sites for hydroxylation is 2. The number of halogens is 2. The average molecular weight is 277 g/mol. The first-order chi connectivity index (χ1) is 9.15. The number of benzene rings is 2. The zero-order chi connectivity index (χ0) is 13.4. The Hall–Kier alpha value is -1.38. The summed E-state index contributed by atoms with van der Waals surface area (Å²) in [5.41, 5.74) is 4.02. The SMILES string of the molecule is OC(c1ccc2c(c1)CCC2)c1ccc(F)cc1Cl. The highest BCUT2D eigenvalue weighted by Gasteiger charge is 2.17. The molecule has 0 aromatic heterocycles. The Morgan fingerprint density at radius 3 is 2.63 bits per heavy atom. The average Bonchev–Trinajstić information content (AvgIpc) is 2.85. The standard InChI is InChI=1S/C16H14ClFO/c17-15-9-13(18)6-7-14(15)16(19)12-5-4-10-2-1-3-11(10)8-12/h4-9,16,19H,1-3H2. The Bertz CT molecular complexity index is 624. The van der Waals surface area contributed by atoms with E-state index >= 15 is 0 Å². The maximum atomic E-state index is 13.0. The Labute approximate surface area is 116 Å². The van der Waals surface area contributed by atoms with Gasteiger partial charge in [0.25, 0.3) is 0 Å². The van der Waals surface area contributed by atoms with Crippen molar-refractivity contribution < 1.29 is 9.50 Å². The molecule has 0 aliphatic heterocycles. The van der Waals surface area contributed by atoms with Crippen LogP contribution in [0.5, 0.6) is 0 Å². The lowest BCUT2D eigenvalue weighted by molar-refractivity contribution is 0.220. The van der Waals surface area contributed by atoms with Crippen LogP contribution in [0.3, 0.4) is 0 Å². The predicted octanol–water partition coefficient (Wildman–Crippen LogP) is 4.05. The molecule has 0 amide bonds. The predicted molar refractivity (Wildman–Crippen MR) is 73.9 cm³/mol. The Morgan fingerprint density at radius 1 is 1.05 bits per heavy atom. The van der Waals surface area contributed by atoms with Crippen molar-refractivity contribution >= 4 is 11.6 Å². The Balaban J connectivity index is 1.97. The molecular formula is C16H14ClFO. The minimum Gasteiger partial charge on any atom is -0.384 e. The van der Waals surface area contributed by atoms with Crippen LogP contribution in [0.15, 0.2) is 36.4 Å². The fourth-order valence-corrected chi connectivity index (χ4v) is 2.94. The van der Waals surface area contributed by atoms with Gasteiger partial charge in [0, 0.05) is 10.6 Å². The van der Waals surface area contributed by atoms with Crippen LogP contribution in [0.1, 0.15) is 34.8 Å². The molecule has 1 aliphatic carbocycles. The number of hydrogen-bond acceptors (Lipinski definition) is 1. The first-order valence-electron chi connectivity index (χ1n) is 6.40. The smallest absolute Gasteiger partial charge is 0.124 e. The maximum Gasteiger partial charge on any atom is 0.124 e. The lowest BCUT2D eigenvalue weighted by Crippen LogP contribution is -2.02. The van der Waals surface area contributed by atoms with E-state index in [4.69, 9.17) is 11.6 Å². The van der Waals surface area contributed by atoms with Crippen LogP contribution in [-0.4, -0.2) is 5.11 Å². The lowest BCUT2D eigenvalue weighted by Gasteiger charge is -2.14. The fourth-order valence-electron chi connectivity index (χ4n) is 2.66. The van der Waals surface area contributed by atoms with Gasteiger partial charge in [-0.05, 0) is 48.1 Å². The summed E-state index contributed by atoms with van der Waals surface area (Å²) in [6, 6.07) is 10.1. The van der Waals surface area contributed by atoms with Crippen molar-refractivity contribution in [3.63, 3.8) is 0 Å². The van der Waals surface area contributed by atoms with Gasteiger partial charge in [-0.1, -0.05) is 35.9 Å². The highest BCUT2D eigenvalue weighted by atomic mass is 35.5. The third-order valence-electron chi connectivity index (χ3n) is 3.70. The molecule has 0 saturated heterocycles. The molecule has 2 aromatic carbocycles. The summed E-state index contributed by atoms with van der Waals surface area (Å²) >= 11 is 5.99. The van der Waals surface area contributed by atoms with Gasteiger partial charge in [-0.2, -0.15) is 0 Å². The van der Waals surface area contributed by atoms with Crippen molar-refractivity contribution in [2.45, 2.75) is 25.4 Å². The zero-order valence-electron chi connectivity index (χ0n) is 10.4. The van der Waals surface area contributed by atoms with Crippen molar-refractivity contribution in [3.05, 3.63) is 69.5 Å². The molecule has 98 valence electrons. The topological polar surface area (TPSA) is 20.2 Å². The second-order valence-corrected chi connectivity index (χ2v) is 5.36. The quantitative estimate of drug-likeness (QED) is 0.877. The van der Waals surface area contributed by atoms with Crippen molar-refractivity contribution in [2.24, 2.45) is 0 Å². The monoisotopic (exact) mass is 276 g/mol. The highest BCUT2D eigenvalue weighted by Crippen LogP contribution is 2.31. The molecular weight excluding hydrogens is 263 g/mol. The van der Waals surface area contributed by atoms with Gasteiger partial charge in [0.15, 0.2) is 0 Å². The number of rotatable bonds is 2. The van der Waals surface area contributed by atoms with Crippen molar-refractivity contribution in [3.8, 4) is 0 Å². The molecule has 19 heavy (non-hydrogen) atoms. The van der Waals surface area contributed by atoms with E-state index in [1.807, 2.05) is 12.1 Å². The lowest BCUT2D eigenvalue weighted by atomic mass is 9.98. The van der Waals surface area contributed by atoms with Crippen LogP contribution in [0.25, 0.3) is 0 Å². The molecule has 3 heteroatoms. The minimum absolute atomic E-state index is 0.257.